The molecule has 0 bridgehead atoms. The van der Waals surface area contributed by atoms with E-state index in [0.29, 0.717) is 6.42 Å². The molecule has 0 heterocycles. The summed E-state index contributed by atoms with van der Waals surface area (Å²) in [6, 6.07) is 12.5. The topological polar surface area (TPSA) is 38.3 Å². The lowest BCUT2D eigenvalue weighted by Crippen LogP contribution is -2.33. The quantitative estimate of drug-likeness (QED) is 0.705. The van der Waals surface area contributed by atoms with Crippen molar-refractivity contribution in [1.29, 1.82) is 0 Å². The number of rotatable bonds is 7. The number of benzene rings is 2. The summed E-state index contributed by atoms with van der Waals surface area (Å²) < 4.78 is 6.10. The molecule has 2 aromatic carbocycles. The Morgan fingerprint density at radius 2 is 1.67 bits per heavy atom. The molecule has 3 nitrogen and oxygen atoms in total. The number of fused-ring (bicyclic) bond motifs is 1. The maximum absolute atomic E-state index is 12.9. The van der Waals surface area contributed by atoms with Crippen LogP contribution in [0.5, 0.6) is 5.75 Å². The molecule has 27 heavy (non-hydrogen) atoms. The molecule has 0 unspecified atom stereocenters. The fraction of sp³-hybridized carbons (Fsp3) is 0.458. The van der Waals surface area contributed by atoms with E-state index in [0.717, 1.165) is 37.1 Å². The van der Waals surface area contributed by atoms with Crippen molar-refractivity contribution in [3.63, 3.8) is 0 Å². The van der Waals surface area contributed by atoms with Crippen molar-refractivity contribution in [2.24, 2.45) is 0 Å². The van der Waals surface area contributed by atoms with Gasteiger partial charge in [-0.3, -0.25) is 4.79 Å². The van der Waals surface area contributed by atoms with Crippen LogP contribution in [0.2, 0.25) is 0 Å². The molecule has 3 heteroatoms. The summed E-state index contributed by atoms with van der Waals surface area (Å²) in [4.78, 5) is 12.9. The summed E-state index contributed by atoms with van der Waals surface area (Å²) in [5, 5.41) is 3.15. The summed E-state index contributed by atoms with van der Waals surface area (Å²) in [5.41, 5.74) is 6.10. The van der Waals surface area contributed by atoms with E-state index in [1.807, 2.05) is 13.0 Å². The number of para-hydroxylation sites is 1. The van der Waals surface area contributed by atoms with Crippen LogP contribution < -0.4 is 10.1 Å². The molecule has 0 saturated carbocycles. The number of carbonyl (C=O) groups is 1. The molecule has 1 N–H and O–H groups in total. The lowest BCUT2D eigenvalue weighted by Gasteiger charge is -2.22. The monoisotopic (exact) mass is 365 g/mol. The fourth-order valence-electron chi connectivity index (χ4n) is 3.88. The molecule has 0 fully saturated rings. The molecule has 144 valence electrons. The maximum atomic E-state index is 12.9. The number of hydrogen-bond donors (Lipinski definition) is 1. The highest BCUT2D eigenvalue weighted by molar-refractivity contribution is 5.95. The molecular formula is C24H31NO2. The van der Waals surface area contributed by atoms with Crippen molar-refractivity contribution >= 4 is 11.6 Å². The third kappa shape index (κ3) is 4.52. The molecule has 1 amide bonds. The van der Waals surface area contributed by atoms with E-state index in [9.17, 15) is 4.79 Å². The molecule has 0 aromatic heterocycles. The van der Waals surface area contributed by atoms with Crippen molar-refractivity contribution in [3.05, 3.63) is 58.7 Å². The van der Waals surface area contributed by atoms with Gasteiger partial charge in [0.15, 0.2) is 6.10 Å². The summed E-state index contributed by atoms with van der Waals surface area (Å²) >= 11 is 0. The Bertz CT molecular complexity index is 775. The van der Waals surface area contributed by atoms with Crippen LogP contribution in [0, 0.1) is 0 Å². The van der Waals surface area contributed by atoms with Crippen LogP contribution in [0.3, 0.4) is 0 Å². The highest BCUT2D eigenvalue weighted by Crippen LogP contribution is 2.27. The zero-order valence-electron chi connectivity index (χ0n) is 16.8. The average molecular weight is 366 g/mol. The minimum absolute atomic E-state index is 0.0641. The fourth-order valence-corrected chi connectivity index (χ4v) is 3.88. The zero-order valence-corrected chi connectivity index (χ0v) is 16.8. The van der Waals surface area contributed by atoms with Crippen molar-refractivity contribution in [2.45, 2.75) is 71.8 Å². The van der Waals surface area contributed by atoms with E-state index < -0.39 is 6.10 Å². The Balaban J connectivity index is 1.75. The highest BCUT2D eigenvalue weighted by atomic mass is 16.5. The van der Waals surface area contributed by atoms with Gasteiger partial charge in [0, 0.05) is 5.69 Å². The molecule has 2 aromatic rings. The standard InChI is InChI=1S/C24H31NO2/c1-4-17-12-9-13-18(5-2)23(17)25-24(26)22(6-3)27-21-15-14-19-10-7-8-11-20(19)16-21/h9,12-16,22H,4-8,10-11H2,1-3H3,(H,25,26)/t22-/m1/s1. The van der Waals surface area contributed by atoms with Gasteiger partial charge in [0.2, 0.25) is 0 Å². The first-order valence-electron chi connectivity index (χ1n) is 10.4. The minimum Gasteiger partial charge on any atom is -0.481 e. The van der Waals surface area contributed by atoms with Crippen LogP contribution in [0.1, 0.15) is 62.3 Å². The predicted molar refractivity (Wildman–Crippen MR) is 112 cm³/mol. The molecule has 0 saturated heterocycles. The van der Waals surface area contributed by atoms with Crippen LogP contribution in [0.15, 0.2) is 36.4 Å². The van der Waals surface area contributed by atoms with Crippen molar-refractivity contribution in [3.8, 4) is 5.75 Å². The van der Waals surface area contributed by atoms with Gasteiger partial charge in [0.1, 0.15) is 5.75 Å². The minimum atomic E-state index is -0.485. The first-order chi connectivity index (χ1) is 13.2. The van der Waals surface area contributed by atoms with Gasteiger partial charge in [0.05, 0.1) is 0 Å². The van der Waals surface area contributed by atoms with Crippen LogP contribution in [0.4, 0.5) is 5.69 Å². The Hall–Kier alpha value is -2.29. The third-order valence-corrected chi connectivity index (χ3v) is 5.51. The first kappa shape index (κ1) is 19.5. The molecule has 0 spiro atoms. The van der Waals surface area contributed by atoms with Crippen LogP contribution in [-0.2, 0) is 30.5 Å². The van der Waals surface area contributed by atoms with Crippen LogP contribution in [0.25, 0.3) is 0 Å². The first-order valence-corrected chi connectivity index (χ1v) is 10.4. The SMILES string of the molecule is CCc1cccc(CC)c1NC(=O)[C@@H](CC)Oc1ccc2c(c1)CCCC2. The van der Waals surface area contributed by atoms with Crippen LogP contribution in [-0.4, -0.2) is 12.0 Å². The molecule has 0 aliphatic heterocycles. The van der Waals surface area contributed by atoms with E-state index >= 15 is 0 Å². The number of anilines is 1. The second-order valence-corrected chi connectivity index (χ2v) is 7.30. The van der Waals surface area contributed by atoms with Gasteiger partial charge in [0.25, 0.3) is 5.91 Å². The van der Waals surface area contributed by atoms with Gasteiger partial charge in [-0.05, 0) is 79.3 Å². The zero-order chi connectivity index (χ0) is 19.2. The van der Waals surface area contributed by atoms with E-state index in [1.54, 1.807) is 0 Å². The lowest BCUT2D eigenvalue weighted by atomic mass is 9.92. The number of ether oxygens (including phenoxy) is 1. The van der Waals surface area contributed by atoms with E-state index in [4.69, 9.17) is 4.74 Å². The Morgan fingerprint density at radius 1 is 1.00 bits per heavy atom. The van der Waals surface area contributed by atoms with Gasteiger partial charge < -0.3 is 10.1 Å². The Labute approximate surface area is 163 Å². The van der Waals surface area contributed by atoms with Crippen molar-refractivity contribution < 1.29 is 9.53 Å². The van der Waals surface area contributed by atoms with Crippen molar-refractivity contribution in [2.75, 3.05) is 5.32 Å². The summed E-state index contributed by atoms with van der Waals surface area (Å²) in [6.45, 7) is 6.23. The molecule has 3 rings (SSSR count). The van der Waals surface area contributed by atoms with Gasteiger partial charge in [-0.2, -0.15) is 0 Å². The number of carbonyl (C=O) groups excluding carboxylic acids is 1. The predicted octanol–water partition coefficient (Wildman–Crippen LogP) is 5.49. The van der Waals surface area contributed by atoms with E-state index in [1.165, 1.54) is 35.1 Å². The number of aryl methyl sites for hydroxylation is 4. The molecular weight excluding hydrogens is 334 g/mol. The van der Waals surface area contributed by atoms with E-state index in [-0.39, 0.29) is 5.91 Å². The Morgan fingerprint density at radius 3 is 2.30 bits per heavy atom. The molecule has 1 aliphatic rings. The second-order valence-electron chi connectivity index (χ2n) is 7.30. The maximum Gasteiger partial charge on any atom is 0.265 e. The van der Waals surface area contributed by atoms with Gasteiger partial charge in [-0.1, -0.05) is 45.0 Å². The van der Waals surface area contributed by atoms with Gasteiger partial charge >= 0.3 is 0 Å². The second kappa shape index (κ2) is 9.07. The summed E-state index contributed by atoms with van der Waals surface area (Å²) in [5.74, 6) is 0.739. The summed E-state index contributed by atoms with van der Waals surface area (Å²) in [7, 11) is 0. The molecule has 0 radical (unpaired) electrons. The highest BCUT2D eigenvalue weighted by Gasteiger charge is 2.21. The Kier molecular flexibility index (Phi) is 6.54. The number of amides is 1. The normalized spacial score (nSPS) is 14.3. The average Bonchev–Trinajstić information content (AvgIpc) is 2.71. The van der Waals surface area contributed by atoms with E-state index in [2.05, 4.69) is 49.5 Å². The van der Waals surface area contributed by atoms with Gasteiger partial charge in [-0.25, -0.2) is 0 Å². The van der Waals surface area contributed by atoms with Gasteiger partial charge in [-0.15, -0.1) is 0 Å². The molecule has 1 atom stereocenters. The smallest absolute Gasteiger partial charge is 0.265 e. The number of hydrogen-bond acceptors (Lipinski definition) is 2. The van der Waals surface area contributed by atoms with Crippen molar-refractivity contribution in [1.82, 2.24) is 0 Å². The number of nitrogens with one attached hydrogen (secondary N) is 1. The lowest BCUT2D eigenvalue weighted by molar-refractivity contribution is -0.122. The van der Waals surface area contributed by atoms with Crippen LogP contribution >= 0.6 is 0 Å². The summed E-state index contributed by atoms with van der Waals surface area (Å²) in [6.07, 6.45) is 6.71. The molecule has 1 aliphatic carbocycles. The third-order valence-electron chi connectivity index (χ3n) is 5.51. The largest absolute Gasteiger partial charge is 0.481 e.